The van der Waals surface area contributed by atoms with E-state index in [4.69, 9.17) is 9.47 Å². The third-order valence-electron chi connectivity index (χ3n) is 4.62. The summed E-state index contributed by atoms with van der Waals surface area (Å²) in [4.78, 5) is 6.59. The van der Waals surface area contributed by atoms with Gasteiger partial charge < -0.3 is 19.7 Å². The molecule has 5 nitrogen and oxygen atoms in total. The zero-order chi connectivity index (χ0) is 16.5. The van der Waals surface area contributed by atoms with Crippen molar-refractivity contribution in [3.8, 4) is 0 Å². The van der Waals surface area contributed by atoms with Crippen molar-refractivity contribution in [2.24, 2.45) is 10.9 Å². The number of nitrogens with zero attached hydrogens (tertiary/aromatic N) is 2. The topological polar surface area (TPSA) is 46.1 Å². The van der Waals surface area contributed by atoms with Crippen LogP contribution in [0.3, 0.4) is 0 Å². The molecule has 1 heterocycles. The highest BCUT2D eigenvalue weighted by Crippen LogP contribution is 2.34. The number of guanidine groups is 1. The van der Waals surface area contributed by atoms with E-state index < -0.39 is 0 Å². The highest BCUT2D eigenvalue weighted by molar-refractivity contribution is 8.00. The largest absolute Gasteiger partial charge is 0.381 e. The second-order valence-electron chi connectivity index (χ2n) is 6.57. The van der Waals surface area contributed by atoms with Crippen molar-refractivity contribution in [1.82, 2.24) is 10.2 Å². The Morgan fingerprint density at radius 3 is 2.74 bits per heavy atom. The van der Waals surface area contributed by atoms with Crippen molar-refractivity contribution in [3.63, 3.8) is 0 Å². The number of hydrogen-bond acceptors (Lipinski definition) is 4. The van der Waals surface area contributed by atoms with Crippen LogP contribution in [0.2, 0.25) is 0 Å². The minimum Gasteiger partial charge on any atom is -0.381 e. The Balaban J connectivity index is 1.73. The summed E-state index contributed by atoms with van der Waals surface area (Å²) in [6.07, 6.45) is 4.92. The van der Waals surface area contributed by atoms with E-state index in [0.29, 0.717) is 0 Å². The van der Waals surface area contributed by atoms with Gasteiger partial charge in [-0.2, -0.15) is 11.8 Å². The molecule has 0 unspecified atom stereocenters. The lowest BCUT2D eigenvalue weighted by Gasteiger charge is -2.37. The van der Waals surface area contributed by atoms with Crippen LogP contribution in [0.15, 0.2) is 4.99 Å². The Kier molecular flexibility index (Phi) is 7.99. The van der Waals surface area contributed by atoms with Crippen LogP contribution in [-0.2, 0) is 9.47 Å². The normalized spacial score (nSPS) is 21.3. The Morgan fingerprint density at radius 1 is 1.39 bits per heavy atom. The maximum Gasteiger partial charge on any atom is 0.193 e. The number of hydrogen-bond donors (Lipinski definition) is 1. The van der Waals surface area contributed by atoms with Crippen LogP contribution in [0, 0.1) is 5.92 Å². The van der Waals surface area contributed by atoms with Crippen LogP contribution in [0.1, 0.15) is 32.6 Å². The van der Waals surface area contributed by atoms with E-state index in [1.54, 1.807) is 0 Å². The number of aliphatic imine (C=N–C) groups is 1. The summed E-state index contributed by atoms with van der Waals surface area (Å²) in [5.74, 6) is 2.94. The highest BCUT2D eigenvalue weighted by atomic mass is 32.2. The van der Waals surface area contributed by atoms with Crippen molar-refractivity contribution in [2.75, 3.05) is 59.4 Å². The molecule has 2 fully saturated rings. The van der Waals surface area contributed by atoms with Crippen LogP contribution in [0.5, 0.6) is 0 Å². The SMILES string of the molecule is CCSC1(CNC(=NC)N(C)CCOCC2CC2)CCOCC1. The second kappa shape index (κ2) is 9.74. The fraction of sp³-hybridized carbons (Fsp3) is 0.941. The molecule has 0 radical (unpaired) electrons. The van der Waals surface area contributed by atoms with Gasteiger partial charge in [-0.15, -0.1) is 0 Å². The molecule has 23 heavy (non-hydrogen) atoms. The Labute approximate surface area is 145 Å². The van der Waals surface area contributed by atoms with Crippen LogP contribution in [-0.4, -0.2) is 75.0 Å². The zero-order valence-electron chi connectivity index (χ0n) is 15.0. The van der Waals surface area contributed by atoms with Gasteiger partial charge in [0, 0.05) is 51.8 Å². The third kappa shape index (κ3) is 6.51. The predicted molar refractivity (Wildman–Crippen MR) is 98.5 cm³/mol. The predicted octanol–water partition coefficient (Wildman–Crippen LogP) is 2.22. The van der Waals surface area contributed by atoms with Gasteiger partial charge in [-0.3, -0.25) is 4.99 Å². The van der Waals surface area contributed by atoms with Gasteiger partial charge in [-0.1, -0.05) is 6.92 Å². The van der Waals surface area contributed by atoms with Gasteiger partial charge in [-0.05, 0) is 37.4 Å². The van der Waals surface area contributed by atoms with E-state index in [0.717, 1.165) is 70.0 Å². The maximum atomic E-state index is 5.73. The highest BCUT2D eigenvalue weighted by Gasteiger charge is 2.33. The lowest BCUT2D eigenvalue weighted by Crippen LogP contribution is -2.49. The molecule has 0 spiro atoms. The summed E-state index contributed by atoms with van der Waals surface area (Å²) in [6, 6.07) is 0. The first-order valence-corrected chi connectivity index (χ1v) is 9.89. The molecule has 0 amide bonds. The first kappa shape index (κ1) is 18.9. The molecular formula is C17H33N3O2S. The van der Waals surface area contributed by atoms with Crippen molar-refractivity contribution in [1.29, 1.82) is 0 Å². The van der Waals surface area contributed by atoms with Gasteiger partial charge in [0.2, 0.25) is 0 Å². The molecule has 0 aromatic heterocycles. The van der Waals surface area contributed by atoms with Gasteiger partial charge in [-0.25, -0.2) is 0 Å². The zero-order valence-corrected chi connectivity index (χ0v) is 15.8. The van der Waals surface area contributed by atoms with Crippen molar-refractivity contribution in [3.05, 3.63) is 0 Å². The monoisotopic (exact) mass is 343 g/mol. The van der Waals surface area contributed by atoms with Gasteiger partial charge in [0.1, 0.15) is 0 Å². The molecule has 6 heteroatoms. The molecule has 0 aromatic carbocycles. The first-order valence-electron chi connectivity index (χ1n) is 8.90. The van der Waals surface area contributed by atoms with Gasteiger partial charge in [0.15, 0.2) is 5.96 Å². The smallest absolute Gasteiger partial charge is 0.193 e. The molecular weight excluding hydrogens is 310 g/mol. The van der Waals surface area contributed by atoms with Gasteiger partial charge in [0.05, 0.1) is 6.61 Å². The van der Waals surface area contributed by atoms with E-state index in [1.165, 1.54) is 12.8 Å². The second-order valence-corrected chi connectivity index (χ2v) is 8.30. The van der Waals surface area contributed by atoms with Crippen molar-refractivity contribution < 1.29 is 9.47 Å². The minimum absolute atomic E-state index is 0.284. The Bertz CT molecular complexity index is 363. The molecule has 2 aliphatic rings. The van der Waals surface area contributed by atoms with Crippen LogP contribution >= 0.6 is 11.8 Å². The van der Waals surface area contributed by atoms with E-state index in [-0.39, 0.29) is 4.75 Å². The van der Waals surface area contributed by atoms with Crippen molar-refractivity contribution in [2.45, 2.75) is 37.4 Å². The number of likely N-dealkylation sites (N-methyl/N-ethyl adjacent to an activating group) is 1. The lowest BCUT2D eigenvalue weighted by atomic mass is 9.99. The lowest BCUT2D eigenvalue weighted by molar-refractivity contribution is 0.0779. The van der Waals surface area contributed by atoms with Crippen LogP contribution in [0.25, 0.3) is 0 Å². The minimum atomic E-state index is 0.284. The van der Waals surface area contributed by atoms with E-state index in [1.807, 2.05) is 7.05 Å². The molecule has 0 atom stereocenters. The Morgan fingerprint density at radius 2 is 2.13 bits per heavy atom. The molecule has 0 bridgehead atoms. The summed E-state index contributed by atoms with van der Waals surface area (Å²) in [6.45, 7) is 7.51. The summed E-state index contributed by atoms with van der Waals surface area (Å²) >= 11 is 2.05. The van der Waals surface area contributed by atoms with Gasteiger partial charge in [0.25, 0.3) is 0 Å². The maximum absolute atomic E-state index is 5.73. The van der Waals surface area contributed by atoms with Crippen LogP contribution in [0.4, 0.5) is 0 Å². The molecule has 1 aliphatic carbocycles. The number of nitrogens with one attached hydrogen (secondary N) is 1. The average Bonchev–Trinajstić information content (AvgIpc) is 3.38. The number of ether oxygens (including phenoxy) is 2. The number of thioether (sulfide) groups is 1. The quantitative estimate of drug-likeness (QED) is 0.395. The molecule has 1 aliphatic heterocycles. The molecule has 1 saturated carbocycles. The molecule has 2 rings (SSSR count). The van der Waals surface area contributed by atoms with E-state index >= 15 is 0 Å². The molecule has 0 aromatic rings. The van der Waals surface area contributed by atoms with E-state index in [9.17, 15) is 0 Å². The standard InChI is InChI=1S/C17H33N3O2S/c1-4-23-17(7-10-21-11-8-17)14-19-16(18-2)20(3)9-12-22-13-15-5-6-15/h15H,4-14H2,1-3H3,(H,18,19). The van der Waals surface area contributed by atoms with E-state index in [2.05, 4.69) is 40.9 Å². The first-order chi connectivity index (χ1) is 11.2. The van der Waals surface area contributed by atoms with Crippen LogP contribution < -0.4 is 5.32 Å². The fourth-order valence-corrected chi connectivity index (χ4v) is 4.13. The molecule has 1 saturated heterocycles. The summed E-state index contributed by atoms with van der Waals surface area (Å²) in [5.41, 5.74) is 0. The number of rotatable bonds is 9. The summed E-state index contributed by atoms with van der Waals surface area (Å²) < 4.78 is 11.6. The summed E-state index contributed by atoms with van der Waals surface area (Å²) in [7, 11) is 3.94. The van der Waals surface area contributed by atoms with Crippen molar-refractivity contribution >= 4 is 17.7 Å². The fourth-order valence-electron chi connectivity index (χ4n) is 2.89. The Hall–Kier alpha value is -0.460. The third-order valence-corrected chi connectivity index (χ3v) is 6.07. The molecule has 134 valence electrons. The average molecular weight is 344 g/mol. The molecule has 1 N–H and O–H groups in total. The summed E-state index contributed by atoms with van der Waals surface area (Å²) in [5, 5.41) is 3.57. The van der Waals surface area contributed by atoms with Gasteiger partial charge >= 0.3 is 0 Å².